The van der Waals surface area contributed by atoms with E-state index in [1.807, 2.05) is 0 Å². The molecule has 1 heterocycles. The van der Waals surface area contributed by atoms with Crippen molar-refractivity contribution in [1.29, 1.82) is 5.26 Å². The molecule has 0 amide bonds. The minimum atomic E-state index is -4.49. The minimum Gasteiger partial charge on any atom is -0.244 e. The van der Waals surface area contributed by atoms with Gasteiger partial charge in [-0.3, -0.25) is 0 Å². The van der Waals surface area contributed by atoms with Crippen LogP contribution in [-0.4, -0.2) is 4.98 Å². The number of nitrogens with zero attached hydrogens (tertiary/aromatic N) is 2. The van der Waals surface area contributed by atoms with Crippen LogP contribution in [0.5, 0.6) is 0 Å². The summed E-state index contributed by atoms with van der Waals surface area (Å²) in [7, 11) is 0. The van der Waals surface area contributed by atoms with Gasteiger partial charge in [-0.25, -0.2) is 4.98 Å². The predicted molar refractivity (Wildman–Crippen MR) is 69.5 cm³/mol. The normalized spacial score (nSPS) is 11.2. The molecule has 0 fully saturated rings. The predicted octanol–water partition coefficient (Wildman–Crippen LogP) is 4.78. The third-order valence-corrected chi connectivity index (χ3v) is 3.62. The molecule has 2 rings (SSSR count). The van der Waals surface area contributed by atoms with E-state index >= 15 is 0 Å². The first kappa shape index (κ1) is 14.7. The largest absolute Gasteiger partial charge is 0.417 e. The highest BCUT2D eigenvalue weighted by molar-refractivity contribution is 7.99. The molecule has 0 bridgehead atoms. The van der Waals surface area contributed by atoms with Gasteiger partial charge in [0.05, 0.1) is 5.56 Å². The van der Waals surface area contributed by atoms with Gasteiger partial charge in [-0.05, 0) is 30.3 Å². The second-order valence-corrected chi connectivity index (χ2v) is 5.29. The molecule has 0 atom stereocenters. The number of hydrogen-bond donors (Lipinski definition) is 0. The molecule has 0 aliphatic heterocycles. The van der Waals surface area contributed by atoms with Crippen molar-refractivity contribution in [1.82, 2.24) is 4.98 Å². The fourth-order valence-corrected chi connectivity index (χ4v) is 2.42. The summed E-state index contributed by atoms with van der Waals surface area (Å²) in [6.07, 6.45) is -3.83. The van der Waals surface area contributed by atoms with E-state index < -0.39 is 11.7 Å². The lowest BCUT2D eigenvalue weighted by Crippen LogP contribution is -2.06. The van der Waals surface area contributed by atoms with E-state index in [4.69, 9.17) is 16.9 Å². The SMILES string of the molecule is N#Cc1ncc(C(F)(F)F)cc1Sc1ccc(Cl)cc1. The van der Waals surface area contributed by atoms with Crippen LogP contribution in [0.15, 0.2) is 46.3 Å². The highest BCUT2D eigenvalue weighted by Crippen LogP contribution is 2.35. The quantitative estimate of drug-likeness (QED) is 0.800. The van der Waals surface area contributed by atoms with Crippen LogP contribution >= 0.6 is 23.4 Å². The zero-order valence-corrected chi connectivity index (χ0v) is 11.4. The Morgan fingerprint density at radius 2 is 1.85 bits per heavy atom. The smallest absolute Gasteiger partial charge is 0.244 e. The van der Waals surface area contributed by atoms with Crippen LogP contribution in [0.2, 0.25) is 5.02 Å². The van der Waals surface area contributed by atoms with Gasteiger partial charge in [0.25, 0.3) is 0 Å². The molecule has 0 spiro atoms. The van der Waals surface area contributed by atoms with Crippen molar-refractivity contribution in [2.45, 2.75) is 16.0 Å². The molecule has 0 aliphatic carbocycles. The van der Waals surface area contributed by atoms with Crippen LogP contribution in [0.25, 0.3) is 0 Å². The highest BCUT2D eigenvalue weighted by atomic mass is 35.5. The number of nitriles is 1. The van der Waals surface area contributed by atoms with Gasteiger partial charge in [-0.15, -0.1) is 0 Å². The molecule has 20 heavy (non-hydrogen) atoms. The number of alkyl halides is 3. The number of hydrogen-bond acceptors (Lipinski definition) is 3. The Bertz CT molecular complexity index is 663. The van der Waals surface area contributed by atoms with Crippen LogP contribution in [0.4, 0.5) is 13.2 Å². The summed E-state index contributed by atoms with van der Waals surface area (Å²) in [5.41, 5.74) is -0.925. The van der Waals surface area contributed by atoms with Crippen LogP contribution in [0, 0.1) is 11.3 Å². The first-order chi connectivity index (χ1) is 9.40. The van der Waals surface area contributed by atoms with Gasteiger partial charge in [-0.1, -0.05) is 23.4 Å². The maximum atomic E-state index is 12.6. The van der Waals surface area contributed by atoms with Crippen molar-refractivity contribution >= 4 is 23.4 Å². The topological polar surface area (TPSA) is 36.7 Å². The summed E-state index contributed by atoms with van der Waals surface area (Å²) < 4.78 is 37.9. The molecular formula is C13H6ClF3N2S. The summed E-state index contributed by atoms with van der Waals surface area (Å²) in [5, 5.41) is 9.43. The summed E-state index contributed by atoms with van der Waals surface area (Å²) in [6, 6.07) is 9.27. The number of aromatic nitrogens is 1. The number of benzene rings is 1. The molecular weight excluding hydrogens is 309 g/mol. The Labute approximate surface area is 122 Å². The van der Waals surface area contributed by atoms with Crippen LogP contribution in [0.3, 0.4) is 0 Å². The molecule has 1 aromatic heterocycles. The van der Waals surface area contributed by atoms with Gasteiger partial charge < -0.3 is 0 Å². The Morgan fingerprint density at radius 3 is 2.40 bits per heavy atom. The van der Waals surface area contributed by atoms with Gasteiger partial charge >= 0.3 is 6.18 Å². The Balaban J connectivity index is 2.39. The van der Waals surface area contributed by atoms with Gasteiger partial charge in [-0.2, -0.15) is 18.4 Å². The molecule has 102 valence electrons. The van der Waals surface area contributed by atoms with Gasteiger partial charge in [0.15, 0.2) is 5.69 Å². The second-order valence-electron chi connectivity index (χ2n) is 3.74. The number of pyridine rings is 1. The van der Waals surface area contributed by atoms with Crippen molar-refractivity contribution in [3.63, 3.8) is 0 Å². The lowest BCUT2D eigenvalue weighted by Gasteiger charge is -2.09. The lowest BCUT2D eigenvalue weighted by molar-refractivity contribution is -0.138. The Hall–Kier alpha value is -1.71. The number of rotatable bonds is 2. The Morgan fingerprint density at radius 1 is 1.20 bits per heavy atom. The van der Waals surface area contributed by atoms with E-state index in [-0.39, 0.29) is 10.6 Å². The second kappa shape index (κ2) is 5.73. The van der Waals surface area contributed by atoms with Crippen molar-refractivity contribution in [3.05, 3.63) is 52.8 Å². The summed E-state index contributed by atoms with van der Waals surface area (Å²) in [5.74, 6) is 0. The molecule has 0 aliphatic rings. The van der Waals surface area contributed by atoms with E-state index in [0.29, 0.717) is 16.1 Å². The molecule has 0 saturated heterocycles. The highest BCUT2D eigenvalue weighted by Gasteiger charge is 2.31. The van der Waals surface area contributed by atoms with Crippen LogP contribution in [-0.2, 0) is 6.18 Å². The van der Waals surface area contributed by atoms with Crippen LogP contribution in [0.1, 0.15) is 11.3 Å². The summed E-state index contributed by atoms with van der Waals surface area (Å²) >= 11 is 6.77. The van der Waals surface area contributed by atoms with E-state index in [0.717, 1.165) is 17.8 Å². The zero-order chi connectivity index (χ0) is 14.8. The Kier molecular flexibility index (Phi) is 4.21. The average molecular weight is 315 g/mol. The van der Waals surface area contributed by atoms with E-state index in [9.17, 15) is 13.2 Å². The maximum Gasteiger partial charge on any atom is 0.417 e. The summed E-state index contributed by atoms with van der Waals surface area (Å²) in [6.45, 7) is 0. The molecule has 0 radical (unpaired) electrons. The maximum absolute atomic E-state index is 12.6. The van der Waals surface area contributed by atoms with Gasteiger partial charge in [0.2, 0.25) is 0 Å². The van der Waals surface area contributed by atoms with Gasteiger partial charge in [0, 0.05) is 21.0 Å². The first-order valence-electron chi connectivity index (χ1n) is 5.31. The van der Waals surface area contributed by atoms with Crippen molar-refractivity contribution in [3.8, 4) is 6.07 Å². The fourth-order valence-electron chi connectivity index (χ4n) is 1.39. The zero-order valence-electron chi connectivity index (χ0n) is 9.78. The standard InChI is InChI=1S/C13H6ClF3N2S/c14-9-1-3-10(4-2-9)20-12-5-8(13(15,16)17)7-19-11(12)6-18/h1-5,7H. The van der Waals surface area contributed by atoms with Gasteiger partial charge in [0.1, 0.15) is 6.07 Å². The van der Waals surface area contributed by atoms with Crippen LogP contribution < -0.4 is 0 Å². The molecule has 2 aromatic rings. The third kappa shape index (κ3) is 3.44. The minimum absolute atomic E-state index is 0.0436. The lowest BCUT2D eigenvalue weighted by atomic mass is 10.2. The van der Waals surface area contributed by atoms with E-state index in [1.54, 1.807) is 30.3 Å². The molecule has 1 aromatic carbocycles. The van der Waals surface area contributed by atoms with Crippen molar-refractivity contribution in [2.24, 2.45) is 0 Å². The molecule has 0 unspecified atom stereocenters. The third-order valence-electron chi connectivity index (χ3n) is 2.33. The fraction of sp³-hybridized carbons (Fsp3) is 0.0769. The number of halogens is 4. The van der Waals surface area contributed by atoms with E-state index in [2.05, 4.69) is 4.98 Å². The molecule has 2 nitrogen and oxygen atoms in total. The molecule has 0 saturated carbocycles. The first-order valence-corrected chi connectivity index (χ1v) is 6.50. The van der Waals surface area contributed by atoms with Crippen molar-refractivity contribution < 1.29 is 13.2 Å². The van der Waals surface area contributed by atoms with Crippen molar-refractivity contribution in [2.75, 3.05) is 0 Å². The van der Waals surface area contributed by atoms with E-state index in [1.165, 1.54) is 0 Å². The monoisotopic (exact) mass is 314 g/mol. The molecule has 7 heteroatoms. The summed E-state index contributed by atoms with van der Waals surface area (Å²) in [4.78, 5) is 4.38. The average Bonchev–Trinajstić information content (AvgIpc) is 2.40. The molecule has 0 N–H and O–H groups in total.